The van der Waals surface area contributed by atoms with Gasteiger partial charge in [-0.3, -0.25) is 10.1 Å². The van der Waals surface area contributed by atoms with Gasteiger partial charge in [-0.1, -0.05) is 17.4 Å². The fourth-order valence-corrected chi connectivity index (χ4v) is 1.84. The monoisotopic (exact) mass is 288 g/mol. The quantitative estimate of drug-likeness (QED) is 0.831. The van der Waals surface area contributed by atoms with Crippen molar-refractivity contribution in [3.63, 3.8) is 0 Å². The van der Waals surface area contributed by atoms with Crippen molar-refractivity contribution in [2.75, 3.05) is 11.1 Å². The third-order valence-corrected chi connectivity index (χ3v) is 2.84. The van der Waals surface area contributed by atoms with Crippen molar-refractivity contribution in [2.45, 2.75) is 6.18 Å². The maximum atomic E-state index is 12.6. The number of hydrogen-bond donors (Lipinski definition) is 2. The van der Waals surface area contributed by atoms with E-state index in [9.17, 15) is 18.0 Å². The number of hydrogen-bond acceptors (Lipinski definition) is 5. The Bertz CT molecular complexity index is 597. The fraction of sp³-hybridized carbons (Fsp3) is 0.100. The van der Waals surface area contributed by atoms with Gasteiger partial charge >= 0.3 is 6.18 Å². The number of para-hydroxylation sites is 1. The van der Waals surface area contributed by atoms with E-state index in [1.807, 2.05) is 0 Å². The molecule has 0 aliphatic heterocycles. The molecule has 0 radical (unpaired) electrons. The Morgan fingerprint density at radius 3 is 2.68 bits per heavy atom. The van der Waals surface area contributed by atoms with Gasteiger partial charge in [0.1, 0.15) is 5.51 Å². The van der Waals surface area contributed by atoms with Crippen LogP contribution in [0.5, 0.6) is 0 Å². The molecule has 1 heterocycles. The van der Waals surface area contributed by atoms with Crippen molar-refractivity contribution < 1.29 is 18.0 Å². The lowest BCUT2D eigenvalue weighted by atomic mass is 10.1. The zero-order valence-electron chi connectivity index (χ0n) is 9.23. The summed E-state index contributed by atoms with van der Waals surface area (Å²) < 4.78 is 37.9. The highest BCUT2D eigenvalue weighted by Crippen LogP contribution is 2.35. The van der Waals surface area contributed by atoms with Gasteiger partial charge in [-0.2, -0.15) is 13.2 Å². The predicted octanol–water partition coefficient (Wildman–Crippen LogP) is 2.39. The van der Waals surface area contributed by atoms with Gasteiger partial charge in [0.05, 0.1) is 16.8 Å². The summed E-state index contributed by atoms with van der Waals surface area (Å²) in [6.45, 7) is 0. The summed E-state index contributed by atoms with van der Waals surface area (Å²) in [5, 5.41) is 9.55. The minimum Gasteiger partial charge on any atom is -0.398 e. The molecule has 0 spiro atoms. The van der Waals surface area contributed by atoms with Gasteiger partial charge in [-0.25, -0.2) is 0 Å². The van der Waals surface area contributed by atoms with Crippen LogP contribution in [0, 0.1) is 0 Å². The summed E-state index contributed by atoms with van der Waals surface area (Å²) in [5.41, 5.74) is 4.85. The molecule has 0 aliphatic carbocycles. The number of halogens is 3. The Morgan fingerprint density at radius 1 is 1.37 bits per heavy atom. The van der Waals surface area contributed by atoms with Crippen LogP contribution < -0.4 is 11.1 Å². The van der Waals surface area contributed by atoms with Gasteiger partial charge < -0.3 is 5.73 Å². The first kappa shape index (κ1) is 13.3. The number of carbonyl (C=O) groups is 1. The second-order valence-corrected chi connectivity index (χ2v) is 4.30. The molecule has 5 nitrogen and oxygen atoms in total. The van der Waals surface area contributed by atoms with E-state index in [0.29, 0.717) is 0 Å². The molecule has 0 bridgehead atoms. The molecule has 0 saturated heterocycles. The molecule has 2 rings (SSSR count). The van der Waals surface area contributed by atoms with Gasteiger partial charge in [-0.05, 0) is 12.1 Å². The Morgan fingerprint density at radius 2 is 2.11 bits per heavy atom. The number of rotatable bonds is 2. The largest absolute Gasteiger partial charge is 0.418 e. The molecule has 19 heavy (non-hydrogen) atoms. The lowest BCUT2D eigenvalue weighted by Gasteiger charge is -2.12. The summed E-state index contributed by atoms with van der Waals surface area (Å²) in [7, 11) is 0. The zero-order valence-corrected chi connectivity index (χ0v) is 10.0. The topological polar surface area (TPSA) is 80.9 Å². The van der Waals surface area contributed by atoms with Crippen LogP contribution in [0.4, 0.5) is 24.0 Å². The average molecular weight is 288 g/mol. The van der Waals surface area contributed by atoms with E-state index < -0.39 is 23.3 Å². The van der Waals surface area contributed by atoms with Gasteiger partial charge in [0, 0.05) is 0 Å². The van der Waals surface area contributed by atoms with Crippen molar-refractivity contribution in [1.29, 1.82) is 0 Å². The molecule has 100 valence electrons. The van der Waals surface area contributed by atoms with Crippen molar-refractivity contribution in [1.82, 2.24) is 10.2 Å². The van der Waals surface area contributed by atoms with Gasteiger partial charge in [0.15, 0.2) is 0 Å². The second-order valence-electron chi connectivity index (χ2n) is 3.46. The molecule has 9 heteroatoms. The Labute approximate surface area is 109 Å². The Kier molecular flexibility index (Phi) is 3.38. The third-order valence-electron chi connectivity index (χ3n) is 2.24. The van der Waals surface area contributed by atoms with Crippen LogP contribution in [0.1, 0.15) is 15.9 Å². The maximum absolute atomic E-state index is 12.6. The summed E-state index contributed by atoms with van der Waals surface area (Å²) in [5.74, 6) is -0.764. The average Bonchev–Trinajstić information content (AvgIpc) is 2.80. The lowest BCUT2D eigenvalue weighted by Crippen LogP contribution is -2.17. The molecule has 0 aliphatic rings. The number of alkyl halides is 3. The molecule has 1 aromatic heterocycles. The number of amides is 1. The van der Waals surface area contributed by atoms with Crippen LogP contribution in [-0.2, 0) is 6.18 Å². The SMILES string of the molecule is Nc1c(C(=O)Nc2nncs2)cccc1C(F)(F)F. The first-order chi connectivity index (χ1) is 8.89. The summed E-state index contributed by atoms with van der Waals surface area (Å²) in [4.78, 5) is 11.8. The van der Waals surface area contributed by atoms with Crippen molar-refractivity contribution in [3.05, 3.63) is 34.8 Å². The number of carbonyl (C=O) groups excluding carboxylic acids is 1. The maximum Gasteiger partial charge on any atom is 0.418 e. The summed E-state index contributed by atoms with van der Waals surface area (Å²) >= 11 is 1.04. The molecule has 0 saturated carbocycles. The van der Waals surface area contributed by atoms with E-state index in [1.54, 1.807) is 0 Å². The molecule has 2 aromatic rings. The first-order valence-corrected chi connectivity index (χ1v) is 5.81. The van der Waals surface area contributed by atoms with Crippen molar-refractivity contribution >= 4 is 28.1 Å². The second kappa shape index (κ2) is 4.84. The van der Waals surface area contributed by atoms with Crippen LogP contribution in [0.25, 0.3) is 0 Å². The highest BCUT2D eigenvalue weighted by atomic mass is 32.1. The molecular weight excluding hydrogens is 281 g/mol. The lowest BCUT2D eigenvalue weighted by molar-refractivity contribution is -0.136. The molecule has 1 amide bonds. The molecular formula is C10H7F3N4OS. The fourth-order valence-electron chi connectivity index (χ4n) is 1.40. The molecule has 0 fully saturated rings. The molecule has 3 N–H and O–H groups in total. The van der Waals surface area contributed by atoms with E-state index in [0.717, 1.165) is 23.5 Å². The number of benzene rings is 1. The Balaban J connectivity index is 2.33. The molecule has 0 unspecified atom stereocenters. The number of aromatic nitrogens is 2. The van der Waals surface area contributed by atoms with Gasteiger partial charge in [0.25, 0.3) is 5.91 Å². The Hall–Kier alpha value is -2.16. The van der Waals surface area contributed by atoms with E-state index in [-0.39, 0.29) is 10.7 Å². The van der Waals surface area contributed by atoms with Crippen LogP contribution in [-0.4, -0.2) is 16.1 Å². The number of nitrogens with zero attached hydrogens (tertiary/aromatic N) is 2. The minimum absolute atomic E-state index is 0.182. The number of anilines is 2. The standard InChI is InChI=1S/C10H7F3N4OS/c11-10(12,13)6-3-1-2-5(7(6)14)8(18)16-9-17-15-4-19-9/h1-4H,14H2,(H,16,17,18). The van der Waals surface area contributed by atoms with E-state index in [1.165, 1.54) is 11.6 Å². The van der Waals surface area contributed by atoms with Crippen molar-refractivity contribution in [3.8, 4) is 0 Å². The summed E-state index contributed by atoms with van der Waals surface area (Å²) in [6.07, 6.45) is -4.61. The van der Waals surface area contributed by atoms with Gasteiger partial charge in [-0.15, -0.1) is 10.2 Å². The first-order valence-electron chi connectivity index (χ1n) is 4.93. The third kappa shape index (κ3) is 2.81. The van der Waals surface area contributed by atoms with Crippen LogP contribution in [0.2, 0.25) is 0 Å². The molecule has 0 atom stereocenters. The smallest absolute Gasteiger partial charge is 0.398 e. The normalized spacial score (nSPS) is 11.3. The van der Waals surface area contributed by atoms with E-state index in [2.05, 4.69) is 15.5 Å². The minimum atomic E-state index is -4.61. The van der Waals surface area contributed by atoms with Crippen LogP contribution in [0.3, 0.4) is 0 Å². The molecule has 1 aromatic carbocycles. The number of nitrogen functional groups attached to an aromatic ring is 1. The number of nitrogens with two attached hydrogens (primary N) is 1. The summed E-state index contributed by atoms with van der Waals surface area (Å²) in [6, 6.07) is 3.15. The number of nitrogens with one attached hydrogen (secondary N) is 1. The highest BCUT2D eigenvalue weighted by Gasteiger charge is 2.34. The van der Waals surface area contributed by atoms with E-state index >= 15 is 0 Å². The van der Waals surface area contributed by atoms with Gasteiger partial charge in [0.2, 0.25) is 5.13 Å². The van der Waals surface area contributed by atoms with Crippen LogP contribution in [0.15, 0.2) is 23.7 Å². The van der Waals surface area contributed by atoms with Crippen molar-refractivity contribution in [2.24, 2.45) is 0 Å². The van der Waals surface area contributed by atoms with E-state index in [4.69, 9.17) is 5.73 Å². The zero-order chi connectivity index (χ0) is 14.0. The predicted molar refractivity (Wildman–Crippen MR) is 63.7 cm³/mol. The van der Waals surface area contributed by atoms with Crippen LogP contribution >= 0.6 is 11.3 Å². The highest BCUT2D eigenvalue weighted by molar-refractivity contribution is 7.13.